The summed E-state index contributed by atoms with van der Waals surface area (Å²) in [6.07, 6.45) is 0.355. The van der Waals surface area contributed by atoms with Crippen LogP contribution in [0.3, 0.4) is 0 Å². The molecule has 4 heteroatoms. The molecule has 1 aliphatic rings. The molecule has 2 rings (SSSR count). The smallest absolute Gasteiger partial charge is 0.176 e. The lowest BCUT2D eigenvalue weighted by Gasteiger charge is -2.16. The summed E-state index contributed by atoms with van der Waals surface area (Å²) >= 11 is 5.85. The molecule has 3 nitrogen and oxygen atoms in total. The first-order chi connectivity index (χ1) is 6.16. The van der Waals surface area contributed by atoms with Crippen LogP contribution in [0.1, 0.15) is 11.4 Å². The number of rotatable bonds is 0. The molecule has 0 saturated carbocycles. The van der Waals surface area contributed by atoms with Crippen molar-refractivity contribution < 1.29 is 9.53 Å². The normalized spacial score (nSPS) is 15.1. The van der Waals surface area contributed by atoms with Crippen molar-refractivity contribution in [3.05, 3.63) is 22.5 Å². The first-order valence-electron chi connectivity index (χ1n) is 3.97. The third-order valence-corrected chi connectivity index (χ3v) is 2.33. The lowest BCUT2D eigenvalue weighted by molar-refractivity contribution is -0.121. The van der Waals surface area contributed by atoms with Crippen LogP contribution in [0.2, 0.25) is 5.02 Å². The summed E-state index contributed by atoms with van der Waals surface area (Å²) in [6.45, 7) is 1.94. The van der Waals surface area contributed by atoms with Crippen molar-refractivity contribution in [1.29, 1.82) is 0 Å². The van der Waals surface area contributed by atoms with E-state index in [0.29, 0.717) is 22.9 Å². The molecule has 2 heterocycles. The van der Waals surface area contributed by atoms with Gasteiger partial charge in [0.2, 0.25) is 0 Å². The Bertz CT molecular complexity index is 376. The van der Waals surface area contributed by atoms with E-state index in [1.165, 1.54) is 0 Å². The summed E-state index contributed by atoms with van der Waals surface area (Å²) in [5.41, 5.74) is 1.43. The molecule has 0 saturated heterocycles. The van der Waals surface area contributed by atoms with Crippen LogP contribution in [0.4, 0.5) is 0 Å². The third-order valence-electron chi connectivity index (χ3n) is 1.94. The molecule has 0 amide bonds. The number of hydrogen-bond donors (Lipinski definition) is 0. The highest BCUT2D eigenvalue weighted by Crippen LogP contribution is 2.26. The second kappa shape index (κ2) is 3.00. The Hall–Kier alpha value is -1.09. The van der Waals surface area contributed by atoms with E-state index in [1.54, 1.807) is 6.07 Å². The quantitative estimate of drug-likeness (QED) is 0.634. The van der Waals surface area contributed by atoms with Crippen molar-refractivity contribution in [3.63, 3.8) is 0 Å². The van der Waals surface area contributed by atoms with Gasteiger partial charge in [0.25, 0.3) is 0 Å². The average Bonchev–Trinajstić information content (AvgIpc) is 2.08. The van der Waals surface area contributed by atoms with Crippen molar-refractivity contribution in [2.45, 2.75) is 13.3 Å². The van der Waals surface area contributed by atoms with Crippen LogP contribution in [0, 0.1) is 6.92 Å². The maximum absolute atomic E-state index is 11.0. The van der Waals surface area contributed by atoms with E-state index >= 15 is 0 Å². The molecule has 1 aromatic heterocycles. The number of carbonyl (C=O) groups excluding carboxylic acids is 1. The van der Waals surface area contributed by atoms with Gasteiger partial charge in [-0.05, 0) is 6.92 Å². The molecular weight excluding hydrogens is 190 g/mol. The van der Waals surface area contributed by atoms with Gasteiger partial charge in [0, 0.05) is 6.07 Å². The number of hydrogen-bond acceptors (Lipinski definition) is 3. The maximum Gasteiger partial charge on any atom is 0.176 e. The van der Waals surface area contributed by atoms with E-state index in [9.17, 15) is 4.79 Å². The lowest BCUT2D eigenvalue weighted by Crippen LogP contribution is -2.21. The molecule has 13 heavy (non-hydrogen) atoms. The van der Waals surface area contributed by atoms with Gasteiger partial charge in [-0.25, -0.2) is 0 Å². The van der Waals surface area contributed by atoms with Crippen LogP contribution in [0.15, 0.2) is 6.07 Å². The third kappa shape index (κ3) is 1.52. The molecule has 0 aliphatic carbocycles. The number of fused-ring (bicyclic) bond motifs is 1. The van der Waals surface area contributed by atoms with Crippen molar-refractivity contribution in [1.82, 2.24) is 4.98 Å². The highest BCUT2D eigenvalue weighted by Gasteiger charge is 2.19. The second-order valence-electron chi connectivity index (χ2n) is 3.00. The predicted molar refractivity (Wildman–Crippen MR) is 48.2 cm³/mol. The first-order valence-corrected chi connectivity index (χ1v) is 4.35. The van der Waals surface area contributed by atoms with Gasteiger partial charge in [-0.2, -0.15) is 0 Å². The Morgan fingerprint density at radius 1 is 1.62 bits per heavy atom. The fraction of sp³-hybridized carbons (Fsp3) is 0.333. The molecule has 0 spiro atoms. The molecule has 0 N–H and O–H groups in total. The van der Waals surface area contributed by atoms with Gasteiger partial charge >= 0.3 is 0 Å². The van der Waals surface area contributed by atoms with Crippen molar-refractivity contribution in [3.8, 4) is 5.75 Å². The monoisotopic (exact) mass is 197 g/mol. The minimum absolute atomic E-state index is 0.0572. The topological polar surface area (TPSA) is 39.2 Å². The zero-order valence-corrected chi connectivity index (χ0v) is 7.89. The van der Waals surface area contributed by atoms with Crippen molar-refractivity contribution >= 4 is 17.4 Å². The highest BCUT2D eigenvalue weighted by atomic mass is 35.5. The Morgan fingerprint density at radius 2 is 2.38 bits per heavy atom. The van der Waals surface area contributed by atoms with E-state index in [4.69, 9.17) is 16.3 Å². The molecule has 1 aromatic rings. The van der Waals surface area contributed by atoms with E-state index in [1.807, 2.05) is 6.92 Å². The number of ether oxygens (including phenoxy) is 1. The van der Waals surface area contributed by atoms with Gasteiger partial charge in [-0.15, -0.1) is 0 Å². The number of carbonyl (C=O) groups is 1. The van der Waals surface area contributed by atoms with E-state index in [2.05, 4.69) is 4.98 Å². The minimum Gasteiger partial charge on any atom is -0.484 e. The van der Waals surface area contributed by atoms with E-state index < -0.39 is 0 Å². The number of ketones is 1. The largest absolute Gasteiger partial charge is 0.484 e. The minimum atomic E-state index is 0.0572. The molecule has 0 atom stereocenters. The number of aromatic nitrogens is 1. The van der Waals surface area contributed by atoms with Crippen molar-refractivity contribution in [2.24, 2.45) is 0 Å². The molecule has 0 fully saturated rings. The van der Waals surface area contributed by atoms with Crippen molar-refractivity contribution in [2.75, 3.05) is 6.61 Å². The second-order valence-corrected chi connectivity index (χ2v) is 3.41. The summed E-state index contributed by atoms with van der Waals surface area (Å²) in [6, 6.07) is 1.71. The van der Waals surface area contributed by atoms with Gasteiger partial charge in [-0.1, -0.05) is 11.6 Å². The predicted octanol–water partition coefficient (Wildman–Crippen LogP) is 1.55. The summed E-state index contributed by atoms with van der Waals surface area (Å²) in [5.74, 6) is 0.692. The molecule has 68 valence electrons. The Kier molecular flexibility index (Phi) is 1.96. The summed E-state index contributed by atoms with van der Waals surface area (Å²) in [4.78, 5) is 15.2. The number of nitrogens with zero attached hydrogens (tertiary/aromatic N) is 1. The Labute approximate surface area is 80.7 Å². The van der Waals surface area contributed by atoms with Gasteiger partial charge in [-0.3, -0.25) is 9.78 Å². The number of Topliss-reactive ketones (excluding diaryl/α,β-unsaturated/α-hetero) is 1. The summed E-state index contributed by atoms with van der Waals surface area (Å²) < 4.78 is 5.18. The molecule has 0 radical (unpaired) electrons. The fourth-order valence-electron chi connectivity index (χ4n) is 1.26. The molecular formula is C9H8ClNO2. The maximum atomic E-state index is 11.0. The van der Waals surface area contributed by atoms with Gasteiger partial charge in [0.1, 0.15) is 12.4 Å². The Balaban J connectivity index is 2.49. The lowest BCUT2D eigenvalue weighted by atomic mass is 10.1. The van der Waals surface area contributed by atoms with Crippen LogP contribution < -0.4 is 4.74 Å². The zero-order chi connectivity index (χ0) is 9.42. The molecule has 0 unspecified atom stereocenters. The van der Waals surface area contributed by atoms with E-state index in [-0.39, 0.29) is 12.4 Å². The van der Waals surface area contributed by atoms with E-state index in [0.717, 1.165) is 5.69 Å². The van der Waals surface area contributed by atoms with Crippen LogP contribution in [-0.4, -0.2) is 17.4 Å². The zero-order valence-electron chi connectivity index (χ0n) is 7.13. The van der Waals surface area contributed by atoms with Gasteiger partial charge in [0.05, 0.1) is 22.8 Å². The first kappa shape index (κ1) is 8.51. The standard InChI is InChI=1S/C9H8ClNO2/c1-5-7(10)3-9-8(11-5)2-6(12)4-13-9/h3H,2,4H2,1H3. The molecule has 0 aromatic carbocycles. The molecule has 0 bridgehead atoms. The average molecular weight is 198 g/mol. The Morgan fingerprint density at radius 3 is 3.15 bits per heavy atom. The number of aryl methyl sites for hydroxylation is 1. The summed E-state index contributed by atoms with van der Waals surface area (Å²) in [7, 11) is 0. The van der Waals surface area contributed by atoms with Gasteiger partial charge < -0.3 is 4.74 Å². The van der Waals surface area contributed by atoms with Crippen LogP contribution in [0.25, 0.3) is 0 Å². The number of halogens is 1. The fourth-order valence-corrected chi connectivity index (χ4v) is 1.40. The molecule has 1 aliphatic heterocycles. The van der Waals surface area contributed by atoms with Crippen LogP contribution in [0.5, 0.6) is 5.75 Å². The highest BCUT2D eigenvalue weighted by molar-refractivity contribution is 6.31. The summed E-state index contributed by atoms with van der Waals surface area (Å²) in [5, 5.41) is 0.577. The van der Waals surface area contributed by atoms with Crippen LogP contribution in [-0.2, 0) is 11.2 Å². The van der Waals surface area contributed by atoms with Crippen LogP contribution >= 0.6 is 11.6 Å². The van der Waals surface area contributed by atoms with Gasteiger partial charge in [0.15, 0.2) is 5.78 Å². The number of pyridine rings is 1. The SMILES string of the molecule is Cc1nc2c(cc1Cl)OCC(=O)C2.